The zero-order valence-electron chi connectivity index (χ0n) is 31.3. The minimum Gasteiger partial charge on any atom is -0.461 e. The molecule has 2 aliphatic heterocycles. The molecule has 1 fully saturated rings. The van der Waals surface area contributed by atoms with Crippen LogP contribution in [0.1, 0.15) is 45.5 Å². The highest BCUT2D eigenvalue weighted by molar-refractivity contribution is 7.99. The number of rotatable bonds is 11. The highest BCUT2D eigenvalue weighted by atomic mass is 32.2. The van der Waals surface area contributed by atoms with E-state index in [4.69, 9.17) is 9.47 Å². The van der Waals surface area contributed by atoms with E-state index in [1.54, 1.807) is 31.0 Å². The topological polar surface area (TPSA) is 160 Å². The summed E-state index contributed by atoms with van der Waals surface area (Å²) >= 11 is 1.55. The largest absolute Gasteiger partial charge is 0.461 e. The number of amides is 1. The number of methoxy groups -OCH3 is 1. The van der Waals surface area contributed by atoms with E-state index in [0.717, 1.165) is 41.1 Å². The maximum Gasteiger partial charge on any atom is 0.340 e. The van der Waals surface area contributed by atoms with E-state index in [9.17, 15) is 28.1 Å². The number of nitrogens with zero attached hydrogens (tertiary/aromatic N) is 3. The molecule has 0 bridgehead atoms. The second-order valence-electron chi connectivity index (χ2n) is 13.8. The van der Waals surface area contributed by atoms with Crippen molar-refractivity contribution in [3.8, 4) is 0 Å². The molecule has 0 aliphatic carbocycles. The average molecular weight is 800 g/mol. The Balaban J connectivity index is 1.18. The van der Waals surface area contributed by atoms with Gasteiger partial charge in [-0.3, -0.25) is 14.9 Å². The summed E-state index contributed by atoms with van der Waals surface area (Å²) in [5, 5.41) is 15.6. The van der Waals surface area contributed by atoms with Crippen molar-refractivity contribution < 1.29 is 32.4 Å². The smallest absolute Gasteiger partial charge is 0.340 e. The van der Waals surface area contributed by atoms with Gasteiger partial charge in [0.05, 0.1) is 21.0 Å². The number of nitrogens with one attached hydrogen (secondary N) is 2. The van der Waals surface area contributed by atoms with Gasteiger partial charge in [0, 0.05) is 60.8 Å². The van der Waals surface area contributed by atoms with Crippen molar-refractivity contribution in [3.63, 3.8) is 0 Å². The van der Waals surface area contributed by atoms with E-state index in [1.165, 1.54) is 12.1 Å². The van der Waals surface area contributed by atoms with E-state index in [0.29, 0.717) is 38.4 Å². The maximum absolute atomic E-state index is 13.7. The molecular weight excluding hydrogens is 755 g/mol. The van der Waals surface area contributed by atoms with Gasteiger partial charge in [-0.2, -0.15) is 0 Å². The van der Waals surface area contributed by atoms with E-state index in [1.807, 2.05) is 77.3 Å². The Bertz CT molecular complexity index is 2140. The summed E-state index contributed by atoms with van der Waals surface area (Å²) in [4.78, 5) is 43.0. The molecule has 13 nitrogen and oxygen atoms in total. The molecule has 2 heterocycles. The summed E-state index contributed by atoms with van der Waals surface area (Å²) < 4.78 is 40.8. The number of hydrogen-bond acceptors (Lipinski definition) is 12. The Morgan fingerprint density at radius 1 is 1.02 bits per heavy atom. The third-order valence-corrected chi connectivity index (χ3v) is 12.5. The number of carbonyl (C=O) groups excluding carboxylic acids is 2. The zero-order chi connectivity index (χ0) is 39.7. The van der Waals surface area contributed by atoms with Gasteiger partial charge in [0.1, 0.15) is 12.3 Å². The van der Waals surface area contributed by atoms with Gasteiger partial charge in [-0.1, -0.05) is 60.7 Å². The molecule has 0 saturated carbocycles. The fourth-order valence-electron chi connectivity index (χ4n) is 6.65. The van der Waals surface area contributed by atoms with Gasteiger partial charge < -0.3 is 24.6 Å². The molecule has 0 unspecified atom stereocenters. The third kappa shape index (κ3) is 10.1. The van der Waals surface area contributed by atoms with Crippen LogP contribution in [0, 0.1) is 10.1 Å². The predicted octanol–water partition coefficient (Wildman–Crippen LogP) is 6.48. The molecule has 0 spiro atoms. The second-order valence-corrected chi connectivity index (χ2v) is 16.6. The number of esters is 1. The maximum atomic E-state index is 13.7. The summed E-state index contributed by atoms with van der Waals surface area (Å²) in [5.74, 6) is -1.34. The van der Waals surface area contributed by atoms with Crippen LogP contribution >= 0.6 is 11.8 Å². The van der Waals surface area contributed by atoms with Gasteiger partial charge >= 0.3 is 5.97 Å². The number of fused-ring (bicyclic) bond motifs is 1. The summed E-state index contributed by atoms with van der Waals surface area (Å²) in [5.41, 5.74) is 0.526. The van der Waals surface area contributed by atoms with Crippen LogP contribution in [0.15, 0.2) is 113 Å². The molecular formula is C41H45N5O8S2. The Morgan fingerprint density at radius 2 is 1.70 bits per heavy atom. The second kappa shape index (κ2) is 18.2. The van der Waals surface area contributed by atoms with Crippen LogP contribution in [-0.4, -0.2) is 94.5 Å². The Labute approximate surface area is 331 Å². The van der Waals surface area contributed by atoms with Gasteiger partial charge in [0.2, 0.25) is 0 Å². The number of cyclic esters (lactones) is 1. The van der Waals surface area contributed by atoms with E-state index >= 15 is 0 Å². The number of thioether (sulfide) groups is 1. The van der Waals surface area contributed by atoms with Crippen molar-refractivity contribution >= 4 is 56.8 Å². The molecule has 294 valence electrons. The lowest BCUT2D eigenvalue weighted by atomic mass is 9.89. The normalized spacial score (nSPS) is 17.9. The standard InChI is InChI=1S/C41H45N5O8S2/c1-44-22-18-32(29-55-34-11-7-4-8-12-34)42-38-36(40(48)54-26-25-44)27-35(28-37(38)46(49)50)56(51,52)43-39(47)31-13-15-33(16-14-31)45-23-20-41(53-2,21-24-45)19-17-30-9-5-3-6-10-30/h3-17,19,27-28,32,42H,18,20-26,29H2,1-2H3,(H,43,47)/b19-17-/t32-/m1/s1. The lowest BCUT2D eigenvalue weighted by Gasteiger charge is -2.40. The SMILES string of the molecule is COC1(/C=C\c2ccccc2)CCN(c2ccc(C(=O)NS(=O)(=O)c3cc4c(c([N+](=O)[O-])c3)N[C@@H](CSc3ccccc3)CCN(C)CCOC4=O)cc2)CC1. The predicted molar refractivity (Wildman–Crippen MR) is 218 cm³/mol. The molecule has 2 aliphatic rings. The lowest BCUT2D eigenvalue weighted by molar-refractivity contribution is -0.384. The number of benzene rings is 4. The summed E-state index contributed by atoms with van der Waals surface area (Å²) in [6, 6.07) is 27.8. The number of nitro groups is 1. The van der Waals surface area contributed by atoms with E-state index in [-0.39, 0.29) is 29.5 Å². The van der Waals surface area contributed by atoms with E-state index < -0.39 is 43.0 Å². The molecule has 1 saturated heterocycles. The van der Waals surface area contributed by atoms with Crippen LogP contribution in [0.3, 0.4) is 0 Å². The molecule has 1 atom stereocenters. The number of carbonyl (C=O) groups is 2. The van der Waals surface area contributed by atoms with Crippen molar-refractivity contribution in [1.29, 1.82) is 0 Å². The van der Waals surface area contributed by atoms with E-state index in [2.05, 4.69) is 22.4 Å². The average Bonchev–Trinajstić information content (AvgIpc) is 3.23. The molecule has 2 N–H and O–H groups in total. The Morgan fingerprint density at radius 3 is 2.36 bits per heavy atom. The molecule has 0 radical (unpaired) electrons. The van der Waals surface area contributed by atoms with Gasteiger partial charge in [-0.25, -0.2) is 17.9 Å². The highest BCUT2D eigenvalue weighted by Crippen LogP contribution is 2.35. The minimum absolute atomic E-state index is 0.00823. The van der Waals surface area contributed by atoms with Crippen molar-refractivity contribution in [3.05, 3.63) is 130 Å². The zero-order valence-corrected chi connectivity index (χ0v) is 32.9. The van der Waals surface area contributed by atoms with Crippen molar-refractivity contribution in [2.24, 2.45) is 0 Å². The number of sulfonamides is 1. The molecule has 6 rings (SSSR count). The number of ether oxygens (including phenoxy) is 2. The molecule has 15 heteroatoms. The van der Waals surface area contributed by atoms with Crippen LogP contribution in [0.25, 0.3) is 6.08 Å². The van der Waals surface area contributed by atoms with Crippen LogP contribution in [0.4, 0.5) is 17.1 Å². The number of hydrogen-bond donors (Lipinski definition) is 2. The van der Waals surface area contributed by atoms with Gasteiger partial charge in [-0.05, 0) is 80.9 Å². The molecule has 56 heavy (non-hydrogen) atoms. The number of nitro benzene ring substituents is 1. The molecule has 1 amide bonds. The summed E-state index contributed by atoms with van der Waals surface area (Å²) in [7, 11) is -1.09. The van der Waals surface area contributed by atoms with Crippen molar-refractivity contribution in [1.82, 2.24) is 9.62 Å². The highest BCUT2D eigenvalue weighted by Gasteiger charge is 2.34. The summed E-state index contributed by atoms with van der Waals surface area (Å²) in [6.45, 7) is 2.42. The lowest BCUT2D eigenvalue weighted by Crippen LogP contribution is -2.44. The summed E-state index contributed by atoms with van der Waals surface area (Å²) in [6.07, 6.45) is 6.24. The minimum atomic E-state index is -4.69. The molecule has 0 aromatic heterocycles. The first kappa shape index (κ1) is 40.4. The quantitative estimate of drug-likeness (QED) is 0.0737. The first-order valence-electron chi connectivity index (χ1n) is 18.3. The van der Waals surface area contributed by atoms with Crippen LogP contribution in [0.2, 0.25) is 0 Å². The van der Waals surface area contributed by atoms with Crippen LogP contribution < -0.4 is 14.9 Å². The molecule has 4 aromatic rings. The monoisotopic (exact) mass is 799 g/mol. The van der Waals surface area contributed by atoms with Gasteiger partial charge in [0.15, 0.2) is 0 Å². The van der Waals surface area contributed by atoms with Crippen molar-refractivity contribution in [2.45, 2.75) is 40.7 Å². The Hall–Kier alpha value is -5.22. The number of likely N-dealkylation sites (N-methyl/N-ethyl adjacent to an activating group) is 1. The first-order chi connectivity index (χ1) is 26.9. The van der Waals surface area contributed by atoms with Gasteiger partial charge in [-0.15, -0.1) is 11.8 Å². The van der Waals surface area contributed by atoms with Gasteiger partial charge in [0.25, 0.3) is 21.6 Å². The van der Waals surface area contributed by atoms with Crippen molar-refractivity contribution in [2.75, 3.05) is 62.9 Å². The number of piperidine rings is 1. The number of anilines is 2. The van der Waals surface area contributed by atoms with Crippen LogP contribution in [0.5, 0.6) is 0 Å². The Kier molecular flexibility index (Phi) is 13.1. The fraction of sp³-hybridized carbons (Fsp3) is 0.317. The third-order valence-electron chi connectivity index (χ3n) is 10.0. The fourth-order valence-corrected chi connectivity index (χ4v) is 8.66. The first-order valence-corrected chi connectivity index (χ1v) is 20.8. The van der Waals surface area contributed by atoms with Crippen LogP contribution in [-0.2, 0) is 19.5 Å². The molecule has 4 aromatic carbocycles.